The Bertz CT molecular complexity index is 210. The average Bonchev–Trinajstić information content (AvgIpc) is 2.01. The second kappa shape index (κ2) is 5.25. The standard InChI is InChI=1S/C6H9NO5/c1-2-7-4(3-5(8)9)6(10)12-11/h11H,2-3H2,1H3,(H,8,9). The van der Waals surface area contributed by atoms with E-state index in [1.54, 1.807) is 6.92 Å². The first kappa shape index (κ1) is 10.6. The van der Waals surface area contributed by atoms with Gasteiger partial charge in [0.2, 0.25) is 0 Å². The molecule has 0 aromatic heterocycles. The highest BCUT2D eigenvalue weighted by atomic mass is 17.1. The molecule has 6 heteroatoms. The smallest absolute Gasteiger partial charge is 0.386 e. The minimum atomic E-state index is -1.20. The summed E-state index contributed by atoms with van der Waals surface area (Å²) in [5.74, 6) is -2.33. The molecule has 0 saturated carbocycles. The van der Waals surface area contributed by atoms with Crippen LogP contribution in [0, 0.1) is 0 Å². The van der Waals surface area contributed by atoms with Crippen molar-refractivity contribution in [1.29, 1.82) is 0 Å². The van der Waals surface area contributed by atoms with E-state index in [2.05, 4.69) is 9.88 Å². The fourth-order valence-corrected chi connectivity index (χ4v) is 0.579. The van der Waals surface area contributed by atoms with Crippen molar-refractivity contribution in [2.75, 3.05) is 6.54 Å². The van der Waals surface area contributed by atoms with E-state index in [1.165, 1.54) is 0 Å². The number of aliphatic imine (C=N–C) groups is 1. The molecule has 0 aliphatic carbocycles. The van der Waals surface area contributed by atoms with Gasteiger partial charge in [-0.25, -0.2) is 4.79 Å². The maximum atomic E-state index is 10.6. The molecule has 0 radical (unpaired) electrons. The van der Waals surface area contributed by atoms with E-state index in [-0.39, 0.29) is 12.3 Å². The van der Waals surface area contributed by atoms with Gasteiger partial charge in [-0.15, -0.1) is 0 Å². The highest BCUT2D eigenvalue weighted by molar-refractivity contribution is 6.39. The summed E-state index contributed by atoms with van der Waals surface area (Å²) in [6.45, 7) is 1.89. The first-order chi connectivity index (χ1) is 5.61. The van der Waals surface area contributed by atoms with Crippen LogP contribution in [-0.2, 0) is 14.5 Å². The molecule has 0 fully saturated rings. The van der Waals surface area contributed by atoms with Crippen molar-refractivity contribution >= 4 is 17.7 Å². The van der Waals surface area contributed by atoms with Crippen LogP contribution < -0.4 is 0 Å². The van der Waals surface area contributed by atoms with E-state index in [9.17, 15) is 9.59 Å². The lowest BCUT2D eigenvalue weighted by Crippen LogP contribution is -2.20. The molecular weight excluding hydrogens is 166 g/mol. The summed E-state index contributed by atoms with van der Waals surface area (Å²) in [4.78, 5) is 27.6. The predicted octanol–water partition coefficient (Wildman–Crippen LogP) is -0.0618. The average molecular weight is 175 g/mol. The lowest BCUT2D eigenvalue weighted by molar-refractivity contribution is -0.225. The number of rotatable bonds is 4. The third-order valence-corrected chi connectivity index (χ3v) is 0.986. The summed E-state index contributed by atoms with van der Waals surface area (Å²) in [5.41, 5.74) is -0.299. The molecule has 0 heterocycles. The third-order valence-electron chi connectivity index (χ3n) is 0.986. The maximum Gasteiger partial charge on any atom is 0.386 e. The molecular formula is C6H9NO5. The van der Waals surface area contributed by atoms with Crippen molar-refractivity contribution in [3.63, 3.8) is 0 Å². The SMILES string of the molecule is CCN=C(CC(=O)O)C(=O)OO. The van der Waals surface area contributed by atoms with Gasteiger partial charge < -0.3 is 5.11 Å². The summed E-state index contributed by atoms with van der Waals surface area (Å²) < 4.78 is 0. The first-order valence-corrected chi connectivity index (χ1v) is 3.22. The van der Waals surface area contributed by atoms with Gasteiger partial charge in [-0.2, -0.15) is 5.26 Å². The summed E-state index contributed by atoms with van der Waals surface area (Å²) in [7, 11) is 0. The van der Waals surface area contributed by atoms with Crippen LogP contribution in [0.1, 0.15) is 13.3 Å². The molecule has 6 nitrogen and oxygen atoms in total. The quantitative estimate of drug-likeness (QED) is 0.354. The molecule has 0 aromatic carbocycles. The molecule has 0 bridgehead atoms. The Morgan fingerprint density at radius 1 is 1.50 bits per heavy atom. The van der Waals surface area contributed by atoms with Crippen LogP contribution in [0.5, 0.6) is 0 Å². The zero-order valence-electron chi connectivity index (χ0n) is 6.48. The Kier molecular flexibility index (Phi) is 4.62. The largest absolute Gasteiger partial charge is 0.481 e. The van der Waals surface area contributed by atoms with Crippen LogP contribution in [-0.4, -0.2) is 34.6 Å². The Labute approximate surface area is 68.4 Å². The molecule has 0 amide bonds. The summed E-state index contributed by atoms with van der Waals surface area (Å²) in [6.07, 6.45) is -0.548. The summed E-state index contributed by atoms with van der Waals surface area (Å²) in [5, 5.41) is 16.2. The Morgan fingerprint density at radius 2 is 2.08 bits per heavy atom. The molecule has 0 atom stereocenters. The van der Waals surface area contributed by atoms with Crippen molar-refractivity contribution in [2.24, 2.45) is 4.99 Å². The zero-order chi connectivity index (χ0) is 9.56. The van der Waals surface area contributed by atoms with E-state index >= 15 is 0 Å². The molecule has 12 heavy (non-hydrogen) atoms. The number of hydrogen-bond donors (Lipinski definition) is 2. The van der Waals surface area contributed by atoms with Gasteiger partial charge in [-0.3, -0.25) is 14.7 Å². The van der Waals surface area contributed by atoms with Crippen molar-refractivity contribution in [1.82, 2.24) is 0 Å². The minimum absolute atomic E-state index is 0.262. The zero-order valence-corrected chi connectivity index (χ0v) is 6.48. The second-order valence-corrected chi connectivity index (χ2v) is 1.87. The molecule has 0 aliphatic rings. The first-order valence-electron chi connectivity index (χ1n) is 3.22. The number of carbonyl (C=O) groups excluding carboxylic acids is 1. The Balaban J connectivity index is 4.34. The predicted molar refractivity (Wildman–Crippen MR) is 38.9 cm³/mol. The normalized spacial score (nSPS) is 11.0. The van der Waals surface area contributed by atoms with Crippen LogP contribution in [0.3, 0.4) is 0 Å². The minimum Gasteiger partial charge on any atom is -0.481 e. The molecule has 0 spiro atoms. The van der Waals surface area contributed by atoms with Gasteiger partial charge in [0, 0.05) is 6.54 Å². The van der Waals surface area contributed by atoms with Crippen molar-refractivity contribution < 1.29 is 24.8 Å². The van der Waals surface area contributed by atoms with Crippen LogP contribution in [0.25, 0.3) is 0 Å². The van der Waals surface area contributed by atoms with Crippen molar-refractivity contribution in [3.8, 4) is 0 Å². The Morgan fingerprint density at radius 3 is 2.42 bits per heavy atom. The Hall–Kier alpha value is -1.43. The highest BCUT2D eigenvalue weighted by Gasteiger charge is 2.15. The van der Waals surface area contributed by atoms with Crippen LogP contribution in [0.4, 0.5) is 0 Å². The van der Waals surface area contributed by atoms with Crippen LogP contribution in [0.15, 0.2) is 4.99 Å². The molecule has 68 valence electrons. The van der Waals surface area contributed by atoms with Gasteiger partial charge in [0.25, 0.3) is 0 Å². The number of carboxylic acids is 1. The van der Waals surface area contributed by atoms with Gasteiger partial charge in [-0.1, -0.05) is 0 Å². The lowest BCUT2D eigenvalue weighted by Gasteiger charge is -1.97. The van der Waals surface area contributed by atoms with Crippen molar-refractivity contribution in [3.05, 3.63) is 0 Å². The van der Waals surface area contributed by atoms with E-state index in [0.29, 0.717) is 0 Å². The maximum absolute atomic E-state index is 10.6. The molecule has 0 aliphatic heterocycles. The summed E-state index contributed by atoms with van der Waals surface area (Å²) in [6, 6.07) is 0. The van der Waals surface area contributed by atoms with Crippen LogP contribution >= 0.6 is 0 Å². The number of carbonyl (C=O) groups is 2. The number of hydrogen-bond acceptors (Lipinski definition) is 5. The van der Waals surface area contributed by atoms with Gasteiger partial charge in [0.05, 0.1) is 6.42 Å². The molecule has 0 saturated heterocycles. The number of carboxylic acid groups (broad SMARTS) is 1. The van der Waals surface area contributed by atoms with Gasteiger partial charge >= 0.3 is 11.9 Å². The van der Waals surface area contributed by atoms with Gasteiger partial charge in [0.15, 0.2) is 0 Å². The fourth-order valence-electron chi connectivity index (χ4n) is 0.579. The number of aliphatic carboxylic acids is 1. The lowest BCUT2D eigenvalue weighted by atomic mass is 10.3. The van der Waals surface area contributed by atoms with E-state index in [1.807, 2.05) is 0 Å². The highest BCUT2D eigenvalue weighted by Crippen LogP contribution is 1.91. The topological polar surface area (TPSA) is 96.2 Å². The molecule has 0 rings (SSSR count). The molecule has 0 unspecified atom stereocenters. The van der Waals surface area contributed by atoms with E-state index < -0.39 is 18.4 Å². The third kappa shape index (κ3) is 3.67. The summed E-state index contributed by atoms with van der Waals surface area (Å²) >= 11 is 0. The van der Waals surface area contributed by atoms with E-state index in [4.69, 9.17) is 10.4 Å². The van der Waals surface area contributed by atoms with Crippen LogP contribution in [0.2, 0.25) is 0 Å². The molecule has 2 N–H and O–H groups in total. The monoisotopic (exact) mass is 175 g/mol. The van der Waals surface area contributed by atoms with Gasteiger partial charge in [-0.05, 0) is 6.92 Å². The van der Waals surface area contributed by atoms with Crippen molar-refractivity contribution in [2.45, 2.75) is 13.3 Å². The second-order valence-electron chi connectivity index (χ2n) is 1.87. The van der Waals surface area contributed by atoms with Gasteiger partial charge in [0.1, 0.15) is 5.71 Å². The number of nitrogens with zero attached hydrogens (tertiary/aromatic N) is 1. The molecule has 0 aromatic rings. The fraction of sp³-hybridized carbons (Fsp3) is 0.500. The van der Waals surface area contributed by atoms with E-state index in [0.717, 1.165) is 0 Å².